The van der Waals surface area contributed by atoms with Gasteiger partial charge in [0.25, 0.3) is 5.91 Å². The molecule has 2 aliphatic rings. The van der Waals surface area contributed by atoms with E-state index in [4.69, 9.17) is 10.5 Å². The highest BCUT2D eigenvalue weighted by Crippen LogP contribution is 2.45. The number of ether oxygens (including phenoxy) is 1. The Morgan fingerprint density at radius 1 is 1.30 bits per heavy atom. The summed E-state index contributed by atoms with van der Waals surface area (Å²) in [5.74, 6) is -0.0735. The zero-order valence-electron chi connectivity index (χ0n) is 16.7. The lowest BCUT2D eigenvalue weighted by Gasteiger charge is -2.39. The number of nitrogens with zero attached hydrogens (tertiary/aromatic N) is 3. The molecule has 9 nitrogen and oxygen atoms in total. The third-order valence-corrected chi connectivity index (χ3v) is 7.51. The van der Waals surface area contributed by atoms with Crippen molar-refractivity contribution >= 4 is 27.6 Å². The molecule has 0 saturated heterocycles. The van der Waals surface area contributed by atoms with E-state index in [-0.39, 0.29) is 17.6 Å². The van der Waals surface area contributed by atoms with Crippen LogP contribution >= 0.6 is 0 Å². The molecule has 30 heavy (non-hydrogen) atoms. The van der Waals surface area contributed by atoms with Gasteiger partial charge in [-0.05, 0) is 49.8 Å². The number of hydrogen-bond donors (Lipinski definition) is 2. The minimum absolute atomic E-state index is 0.117. The highest BCUT2D eigenvalue weighted by Gasteiger charge is 2.51. The topological polar surface area (TPSA) is 127 Å². The highest BCUT2D eigenvalue weighted by molar-refractivity contribution is 7.90. The van der Waals surface area contributed by atoms with E-state index in [0.29, 0.717) is 17.0 Å². The molecule has 0 radical (unpaired) electrons. The fourth-order valence-electron chi connectivity index (χ4n) is 3.55. The largest absolute Gasteiger partial charge is 0.465 e. The third kappa shape index (κ3) is 3.09. The van der Waals surface area contributed by atoms with Crippen LogP contribution in [0, 0.1) is 6.92 Å². The number of benzene rings is 1. The van der Waals surface area contributed by atoms with Crippen molar-refractivity contribution in [2.45, 2.75) is 24.6 Å². The van der Waals surface area contributed by atoms with Gasteiger partial charge >= 0.3 is 0 Å². The standard InChI is InChI=1S/C20H21N5O4S/c1-12-4-6-15(22-11-12)18(26)23-13-5-7-16-14(10-13)20(2)17(8-9-29-16)30(27,28)25(3)19(21)24-20/h4-11,17H,1-3H3,(H2,21,24)(H,23,26)/t17-,20+/m0/s1. The lowest BCUT2D eigenvalue weighted by atomic mass is 9.88. The Morgan fingerprint density at radius 2 is 2.07 bits per heavy atom. The number of nitrogens with two attached hydrogens (primary N) is 1. The van der Waals surface area contributed by atoms with Gasteiger partial charge in [0.2, 0.25) is 16.0 Å². The number of fused-ring (bicyclic) bond motifs is 3. The van der Waals surface area contributed by atoms with Crippen LogP contribution in [0.2, 0.25) is 0 Å². The maximum Gasteiger partial charge on any atom is 0.274 e. The first-order valence-electron chi connectivity index (χ1n) is 9.18. The molecule has 0 spiro atoms. The number of amides is 1. The molecule has 3 heterocycles. The van der Waals surface area contributed by atoms with Crippen LogP contribution in [0.15, 0.2) is 53.9 Å². The molecule has 0 saturated carbocycles. The van der Waals surface area contributed by atoms with Crippen LogP contribution in [-0.2, 0) is 15.6 Å². The second-order valence-electron chi connectivity index (χ2n) is 7.38. The second-order valence-corrected chi connectivity index (χ2v) is 9.47. The molecule has 1 aromatic carbocycles. The summed E-state index contributed by atoms with van der Waals surface area (Å²) in [7, 11) is -2.45. The number of carbonyl (C=O) groups excluding carboxylic acids is 1. The highest BCUT2D eigenvalue weighted by atomic mass is 32.2. The predicted octanol–water partition coefficient (Wildman–Crippen LogP) is 1.72. The fourth-order valence-corrected chi connectivity index (χ4v) is 5.21. The maximum absolute atomic E-state index is 13.0. The van der Waals surface area contributed by atoms with Crippen LogP contribution in [-0.4, -0.2) is 41.9 Å². The van der Waals surface area contributed by atoms with Gasteiger partial charge in [0.15, 0.2) is 0 Å². The van der Waals surface area contributed by atoms with Gasteiger partial charge in [0, 0.05) is 24.5 Å². The number of pyridine rings is 1. The van der Waals surface area contributed by atoms with E-state index >= 15 is 0 Å². The minimum atomic E-state index is -3.81. The van der Waals surface area contributed by atoms with Crippen LogP contribution < -0.4 is 15.8 Å². The van der Waals surface area contributed by atoms with Gasteiger partial charge in [-0.3, -0.25) is 9.78 Å². The van der Waals surface area contributed by atoms with E-state index in [2.05, 4.69) is 15.3 Å². The molecule has 1 amide bonds. The van der Waals surface area contributed by atoms with Gasteiger partial charge in [-0.15, -0.1) is 0 Å². The van der Waals surface area contributed by atoms with Gasteiger partial charge in [0.1, 0.15) is 22.2 Å². The summed E-state index contributed by atoms with van der Waals surface area (Å²) in [6, 6.07) is 8.40. The van der Waals surface area contributed by atoms with E-state index in [1.807, 2.05) is 6.92 Å². The van der Waals surface area contributed by atoms with Gasteiger partial charge in [0.05, 0.1) is 6.26 Å². The summed E-state index contributed by atoms with van der Waals surface area (Å²) < 4.78 is 32.6. The molecule has 156 valence electrons. The third-order valence-electron chi connectivity index (χ3n) is 5.30. The summed E-state index contributed by atoms with van der Waals surface area (Å²) in [5, 5.41) is 1.76. The van der Waals surface area contributed by atoms with Crippen molar-refractivity contribution in [2.75, 3.05) is 12.4 Å². The molecule has 2 aromatic rings. The molecule has 2 aliphatic heterocycles. The minimum Gasteiger partial charge on any atom is -0.465 e. The summed E-state index contributed by atoms with van der Waals surface area (Å²) in [6.45, 7) is 3.56. The number of guanidine groups is 1. The number of hydrogen-bond acceptors (Lipinski definition) is 7. The molecule has 3 N–H and O–H groups in total. The first-order chi connectivity index (χ1) is 14.1. The van der Waals surface area contributed by atoms with E-state index in [0.717, 1.165) is 9.87 Å². The summed E-state index contributed by atoms with van der Waals surface area (Å²) >= 11 is 0. The molecular weight excluding hydrogens is 406 g/mol. The zero-order valence-corrected chi connectivity index (χ0v) is 17.5. The normalized spacial score (nSPS) is 24.0. The Labute approximate surface area is 174 Å². The Hall–Kier alpha value is -3.40. The molecule has 10 heteroatoms. The number of rotatable bonds is 2. The Bertz CT molecular complexity index is 1190. The van der Waals surface area contributed by atoms with E-state index in [1.54, 1.807) is 43.5 Å². The van der Waals surface area contributed by atoms with Gasteiger partial charge in [-0.2, -0.15) is 0 Å². The van der Waals surface area contributed by atoms with Crippen molar-refractivity contribution in [1.29, 1.82) is 0 Å². The lowest BCUT2D eigenvalue weighted by Crippen LogP contribution is -2.55. The SMILES string of the molecule is Cc1ccc(C(=O)Nc2ccc3c(c2)[C@@]2(C)N=C(N)N(C)S(=O)(=O)[C@H]2C=CO3)nc1. The van der Waals surface area contributed by atoms with Crippen molar-refractivity contribution in [2.24, 2.45) is 10.7 Å². The number of carbonyl (C=O) groups is 1. The first kappa shape index (κ1) is 19.9. The van der Waals surface area contributed by atoms with Crippen molar-refractivity contribution in [3.8, 4) is 5.75 Å². The smallest absolute Gasteiger partial charge is 0.274 e. The number of aryl methyl sites for hydroxylation is 1. The molecule has 2 atom stereocenters. The lowest BCUT2D eigenvalue weighted by molar-refractivity contribution is 0.102. The molecule has 0 bridgehead atoms. The van der Waals surface area contributed by atoms with Crippen LogP contribution in [0.3, 0.4) is 0 Å². The molecule has 4 rings (SSSR count). The second kappa shape index (κ2) is 6.84. The molecular formula is C20H21N5O4S. The maximum atomic E-state index is 13.0. The van der Waals surface area contributed by atoms with Crippen LogP contribution in [0.4, 0.5) is 5.69 Å². The van der Waals surface area contributed by atoms with E-state index in [1.165, 1.54) is 19.4 Å². The van der Waals surface area contributed by atoms with E-state index in [9.17, 15) is 13.2 Å². The Balaban J connectivity index is 1.77. The number of nitrogens with one attached hydrogen (secondary N) is 1. The van der Waals surface area contributed by atoms with Crippen LogP contribution in [0.1, 0.15) is 28.5 Å². The Kier molecular flexibility index (Phi) is 4.53. The number of aromatic nitrogens is 1. The number of sulfonamides is 1. The Morgan fingerprint density at radius 3 is 2.77 bits per heavy atom. The molecule has 1 aromatic heterocycles. The van der Waals surface area contributed by atoms with Gasteiger partial charge in [-0.1, -0.05) is 6.07 Å². The average Bonchev–Trinajstić information content (AvgIpc) is 2.84. The van der Waals surface area contributed by atoms with Crippen molar-refractivity contribution in [1.82, 2.24) is 9.29 Å². The predicted molar refractivity (Wildman–Crippen MR) is 113 cm³/mol. The summed E-state index contributed by atoms with van der Waals surface area (Å²) in [4.78, 5) is 21.2. The van der Waals surface area contributed by atoms with Crippen molar-refractivity contribution in [3.05, 3.63) is 65.7 Å². The molecule has 0 aliphatic carbocycles. The monoisotopic (exact) mass is 427 g/mol. The van der Waals surface area contributed by atoms with E-state index < -0.39 is 20.8 Å². The first-order valence-corrected chi connectivity index (χ1v) is 10.7. The van der Waals surface area contributed by atoms with Crippen LogP contribution in [0.5, 0.6) is 5.75 Å². The van der Waals surface area contributed by atoms with Crippen LogP contribution in [0.25, 0.3) is 0 Å². The quantitative estimate of drug-likeness (QED) is 0.751. The van der Waals surface area contributed by atoms with Crippen molar-refractivity contribution in [3.63, 3.8) is 0 Å². The fraction of sp³-hybridized carbons (Fsp3) is 0.250. The molecule has 0 fully saturated rings. The van der Waals surface area contributed by atoms with Gasteiger partial charge in [-0.25, -0.2) is 17.7 Å². The zero-order chi connectivity index (χ0) is 21.7. The average molecular weight is 427 g/mol. The van der Waals surface area contributed by atoms with Crippen molar-refractivity contribution < 1.29 is 17.9 Å². The summed E-state index contributed by atoms with van der Waals surface area (Å²) in [5.41, 5.74) is 6.84. The van der Waals surface area contributed by atoms with Gasteiger partial charge < -0.3 is 15.8 Å². The molecule has 0 unspecified atom stereocenters. The number of aliphatic imine (C=N–C) groups is 1. The number of anilines is 1. The summed E-state index contributed by atoms with van der Waals surface area (Å²) in [6.07, 6.45) is 4.40.